The molecule has 0 bridgehead atoms. The number of hydrogen-bond donors (Lipinski definition) is 1. The maximum atomic E-state index is 13.3. The van der Waals surface area contributed by atoms with Crippen LogP contribution in [0.2, 0.25) is 0 Å². The first-order valence-electron chi connectivity index (χ1n) is 10.9. The van der Waals surface area contributed by atoms with E-state index in [1.807, 2.05) is 0 Å². The maximum absolute atomic E-state index is 13.3. The van der Waals surface area contributed by atoms with E-state index in [1.54, 1.807) is 26.8 Å². The molecule has 1 N–H and O–H groups in total. The van der Waals surface area contributed by atoms with E-state index in [1.165, 1.54) is 25.3 Å². The lowest BCUT2D eigenvalue weighted by Crippen LogP contribution is -2.50. The highest BCUT2D eigenvalue weighted by Gasteiger charge is 2.46. The van der Waals surface area contributed by atoms with Crippen molar-refractivity contribution in [3.63, 3.8) is 0 Å². The van der Waals surface area contributed by atoms with Crippen LogP contribution in [0.4, 0.5) is 10.5 Å². The molecule has 1 aromatic rings. The van der Waals surface area contributed by atoms with Crippen molar-refractivity contribution < 1.29 is 33.5 Å². The van der Waals surface area contributed by atoms with Gasteiger partial charge in [-0.25, -0.2) is 14.7 Å². The highest BCUT2D eigenvalue weighted by Crippen LogP contribution is 2.37. The average molecular weight is 507 g/mol. The number of amides is 1. The van der Waals surface area contributed by atoms with E-state index in [0.717, 1.165) is 4.90 Å². The predicted octanol–water partition coefficient (Wildman–Crippen LogP) is 2.31. The Morgan fingerprint density at radius 2 is 2.00 bits per heavy atom. The van der Waals surface area contributed by atoms with Crippen molar-refractivity contribution in [2.24, 2.45) is 10.9 Å². The fourth-order valence-electron chi connectivity index (χ4n) is 4.05. The van der Waals surface area contributed by atoms with E-state index in [9.17, 15) is 24.5 Å². The van der Waals surface area contributed by atoms with Crippen LogP contribution in [0.1, 0.15) is 38.8 Å². The van der Waals surface area contributed by atoms with Gasteiger partial charge in [-0.3, -0.25) is 19.7 Å². The molecular formula is C22H26N4O8S. The lowest BCUT2D eigenvalue weighted by molar-refractivity contribution is -0.385. The van der Waals surface area contributed by atoms with Crippen LogP contribution in [0.5, 0.6) is 0 Å². The van der Waals surface area contributed by atoms with E-state index in [0.29, 0.717) is 5.71 Å². The molecule has 12 nitrogen and oxygen atoms in total. The Balaban J connectivity index is 1.98. The van der Waals surface area contributed by atoms with Gasteiger partial charge in [-0.2, -0.15) is 0 Å². The largest absolute Gasteiger partial charge is 0.468 e. The third kappa shape index (κ3) is 5.80. The quantitative estimate of drug-likeness (QED) is 0.200. The lowest BCUT2D eigenvalue weighted by Gasteiger charge is -2.38. The summed E-state index contributed by atoms with van der Waals surface area (Å²) in [7, 11) is 1.26. The minimum atomic E-state index is -1.09. The highest BCUT2D eigenvalue weighted by atomic mass is 32.1. The SMILES string of the molecule is COC(=O)[C@@H]1CC(OC(=O)N2C(=S)N=C(C)C(C(=O)OC(C)C)C2c2cccc([N+](=O)[O-])c2)CN1. The Bertz CT molecular complexity index is 1080. The fraction of sp³-hybridized carbons (Fsp3) is 0.500. The Morgan fingerprint density at radius 3 is 2.63 bits per heavy atom. The van der Waals surface area contributed by atoms with Gasteiger partial charge in [-0.05, 0) is 38.6 Å². The van der Waals surface area contributed by atoms with Crippen LogP contribution in [0, 0.1) is 16.0 Å². The highest BCUT2D eigenvalue weighted by molar-refractivity contribution is 7.80. The molecule has 0 aliphatic carbocycles. The number of thiocarbonyl (C=S) groups is 1. The van der Waals surface area contributed by atoms with E-state index in [2.05, 4.69) is 10.3 Å². The number of aliphatic imine (C=N–C) groups is 1. The second-order valence-electron chi connectivity index (χ2n) is 8.39. The molecular weight excluding hydrogens is 480 g/mol. The number of non-ortho nitro benzene ring substituents is 1. The van der Waals surface area contributed by atoms with Gasteiger partial charge in [0.2, 0.25) is 5.11 Å². The Kier molecular flexibility index (Phi) is 8.12. The van der Waals surface area contributed by atoms with Crippen LogP contribution >= 0.6 is 12.2 Å². The number of esters is 2. The van der Waals surface area contributed by atoms with Crippen molar-refractivity contribution in [2.75, 3.05) is 13.7 Å². The number of ether oxygens (including phenoxy) is 3. The first kappa shape index (κ1) is 26.2. The molecule has 2 aliphatic rings. The van der Waals surface area contributed by atoms with Gasteiger partial charge >= 0.3 is 18.0 Å². The normalized spacial score (nSPS) is 24.1. The molecule has 0 radical (unpaired) electrons. The standard InChI is InChI=1S/C22H26N4O8S/c1-11(2)33-20(28)17-12(3)24-21(35)25(18(17)13-6-5-7-14(8-13)26(30)31)22(29)34-15-9-16(23-10-15)19(27)32-4/h5-8,11,15-18,23H,9-10H2,1-4H3/t15?,16-,17?,18?/m0/s1. The number of rotatable bonds is 6. The molecule has 188 valence electrons. The zero-order valence-corrected chi connectivity index (χ0v) is 20.4. The number of carbonyl (C=O) groups excluding carboxylic acids is 3. The molecule has 3 rings (SSSR count). The molecule has 3 unspecified atom stereocenters. The summed E-state index contributed by atoms with van der Waals surface area (Å²) < 4.78 is 15.7. The van der Waals surface area contributed by atoms with Gasteiger partial charge in [0.25, 0.3) is 5.69 Å². The van der Waals surface area contributed by atoms with Crippen molar-refractivity contribution in [2.45, 2.75) is 51.5 Å². The van der Waals surface area contributed by atoms with Gasteiger partial charge in [-0.1, -0.05) is 12.1 Å². The second-order valence-corrected chi connectivity index (χ2v) is 8.76. The van der Waals surface area contributed by atoms with Crippen LogP contribution in [-0.2, 0) is 23.8 Å². The topological polar surface area (TPSA) is 150 Å². The first-order chi connectivity index (χ1) is 16.5. The summed E-state index contributed by atoms with van der Waals surface area (Å²) >= 11 is 5.36. The summed E-state index contributed by atoms with van der Waals surface area (Å²) in [6.07, 6.45) is -1.84. The predicted molar refractivity (Wildman–Crippen MR) is 127 cm³/mol. The van der Waals surface area contributed by atoms with Crippen LogP contribution in [0.3, 0.4) is 0 Å². The van der Waals surface area contributed by atoms with Crippen molar-refractivity contribution in [3.8, 4) is 0 Å². The van der Waals surface area contributed by atoms with Crippen LogP contribution in [0.25, 0.3) is 0 Å². The molecule has 0 aromatic heterocycles. The van der Waals surface area contributed by atoms with Crippen molar-refractivity contribution in [3.05, 3.63) is 39.9 Å². The van der Waals surface area contributed by atoms with Gasteiger partial charge in [0, 0.05) is 30.8 Å². The first-order valence-corrected chi connectivity index (χ1v) is 11.3. The minimum absolute atomic E-state index is 0.159. The van der Waals surface area contributed by atoms with E-state index < -0.39 is 53.2 Å². The number of carbonyl (C=O) groups is 3. The zero-order valence-electron chi connectivity index (χ0n) is 19.6. The summed E-state index contributed by atoms with van der Waals surface area (Å²) in [6.45, 7) is 5.14. The van der Waals surface area contributed by atoms with Crippen molar-refractivity contribution in [1.29, 1.82) is 0 Å². The summed E-state index contributed by atoms with van der Waals surface area (Å²) in [5.74, 6) is -2.22. The summed E-state index contributed by atoms with van der Waals surface area (Å²) in [5.41, 5.74) is 0.365. The van der Waals surface area contributed by atoms with Crippen molar-refractivity contribution >= 4 is 46.8 Å². The van der Waals surface area contributed by atoms with E-state index in [4.69, 9.17) is 26.4 Å². The number of nitrogens with zero attached hydrogens (tertiary/aromatic N) is 3. The molecule has 1 aromatic carbocycles. The van der Waals surface area contributed by atoms with Crippen molar-refractivity contribution in [1.82, 2.24) is 10.2 Å². The van der Waals surface area contributed by atoms with Gasteiger partial charge in [0.05, 0.1) is 24.2 Å². The number of hydrogen-bond acceptors (Lipinski definition) is 10. The number of nitrogens with one attached hydrogen (secondary N) is 1. The molecule has 2 aliphatic heterocycles. The van der Waals surface area contributed by atoms with Gasteiger partial charge < -0.3 is 19.5 Å². The molecule has 13 heteroatoms. The van der Waals surface area contributed by atoms with E-state index >= 15 is 0 Å². The zero-order chi connectivity index (χ0) is 25.9. The minimum Gasteiger partial charge on any atom is -0.468 e. The molecule has 0 saturated carbocycles. The maximum Gasteiger partial charge on any atom is 0.417 e. The smallest absolute Gasteiger partial charge is 0.417 e. The Morgan fingerprint density at radius 1 is 1.29 bits per heavy atom. The summed E-state index contributed by atoms with van der Waals surface area (Å²) in [5, 5.41) is 14.2. The molecule has 2 heterocycles. The van der Waals surface area contributed by atoms with Crippen LogP contribution < -0.4 is 5.32 Å². The molecule has 1 amide bonds. The lowest BCUT2D eigenvalue weighted by atomic mass is 9.87. The fourth-order valence-corrected chi connectivity index (χ4v) is 4.38. The molecule has 35 heavy (non-hydrogen) atoms. The summed E-state index contributed by atoms with van der Waals surface area (Å²) in [4.78, 5) is 54.2. The van der Waals surface area contributed by atoms with Gasteiger partial charge in [-0.15, -0.1) is 0 Å². The molecule has 4 atom stereocenters. The van der Waals surface area contributed by atoms with Gasteiger partial charge in [0.15, 0.2) is 0 Å². The average Bonchev–Trinajstić information content (AvgIpc) is 3.25. The van der Waals surface area contributed by atoms with Gasteiger partial charge in [0.1, 0.15) is 18.1 Å². The third-order valence-electron chi connectivity index (χ3n) is 5.59. The summed E-state index contributed by atoms with van der Waals surface area (Å²) in [6, 6.07) is 3.85. The monoisotopic (exact) mass is 506 g/mol. The Hall–Kier alpha value is -3.45. The molecule has 1 fully saturated rings. The Labute approximate surface area is 206 Å². The third-order valence-corrected chi connectivity index (χ3v) is 5.88. The number of nitro benzene ring substituents is 1. The molecule has 1 saturated heterocycles. The number of methoxy groups -OCH3 is 1. The number of benzene rings is 1. The van der Waals surface area contributed by atoms with Crippen LogP contribution in [0.15, 0.2) is 29.3 Å². The number of nitro groups is 1. The van der Waals surface area contributed by atoms with E-state index in [-0.39, 0.29) is 29.3 Å². The second kappa shape index (κ2) is 10.9. The molecule has 0 spiro atoms. The van der Waals surface area contributed by atoms with Crippen LogP contribution in [-0.4, -0.2) is 70.6 Å².